The first-order valence-electron chi connectivity index (χ1n) is 3.41. The second-order valence-electron chi connectivity index (χ2n) is 2.08. The molecule has 0 unspecified atom stereocenters. The summed E-state index contributed by atoms with van der Waals surface area (Å²) >= 11 is 0. The van der Waals surface area contributed by atoms with Crippen LogP contribution >= 0.6 is 0 Å². The average Bonchev–Trinajstić information content (AvgIpc) is 2.30. The lowest BCUT2D eigenvalue weighted by atomic mass is 10.7. The van der Waals surface area contributed by atoms with E-state index >= 15 is 0 Å². The lowest BCUT2D eigenvalue weighted by Gasteiger charge is -2.00. The third-order valence-electron chi connectivity index (χ3n) is 1.17. The zero-order valence-corrected chi connectivity index (χ0v) is 6.61. The molecule has 0 fully saturated rings. The molecule has 1 rings (SSSR count). The van der Waals surface area contributed by atoms with Crippen molar-refractivity contribution in [3.8, 4) is 0 Å². The first-order valence-corrected chi connectivity index (χ1v) is 3.41. The first-order chi connectivity index (χ1) is 5.65. The van der Waals surface area contributed by atoms with E-state index in [1.165, 1.54) is 0 Å². The Morgan fingerprint density at radius 3 is 2.75 bits per heavy atom. The van der Waals surface area contributed by atoms with Gasteiger partial charge in [0.05, 0.1) is 0 Å². The summed E-state index contributed by atoms with van der Waals surface area (Å²) in [5.41, 5.74) is 10.5. The minimum absolute atomic E-state index is 0.0150. The molecule has 1 aromatic rings. The van der Waals surface area contributed by atoms with E-state index in [0.29, 0.717) is 6.54 Å². The van der Waals surface area contributed by atoms with Gasteiger partial charge in [-0.2, -0.15) is 4.98 Å². The van der Waals surface area contributed by atoms with Crippen LogP contribution in [0.1, 0.15) is 6.92 Å². The molecular formula is C5H10N6O. The monoisotopic (exact) mass is 170 g/mol. The molecule has 0 saturated carbocycles. The molecule has 0 radical (unpaired) electrons. The molecule has 5 N–H and O–H groups in total. The molecule has 0 atom stereocenters. The van der Waals surface area contributed by atoms with Crippen LogP contribution < -0.4 is 16.8 Å². The first kappa shape index (κ1) is 8.31. The highest BCUT2D eigenvalue weighted by Gasteiger charge is 2.10. The van der Waals surface area contributed by atoms with Crippen molar-refractivity contribution in [1.29, 1.82) is 0 Å². The number of nitrogen functional groups attached to an aromatic ring is 2. The van der Waals surface area contributed by atoms with Crippen LogP contribution in [0.4, 0.5) is 16.7 Å². The molecule has 0 bridgehead atoms. The molecule has 12 heavy (non-hydrogen) atoms. The minimum atomic E-state index is -0.431. The number of carbonyl (C=O) groups excluding carboxylic acids is 1. The fraction of sp³-hybridized carbons (Fsp3) is 0.400. The van der Waals surface area contributed by atoms with Crippen LogP contribution in [-0.2, 0) is 0 Å². The number of anilines is 2. The Morgan fingerprint density at radius 2 is 2.33 bits per heavy atom. The van der Waals surface area contributed by atoms with Crippen molar-refractivity contribution in [2.75, 3.05) is 18.0 Å². The van der Waals surface area contributed by atoms with Crippen LogP contribution in [0.25, 0.3) is 0 Å². The van der Waals surface area contributed by atoms with E-state index in [9.17, 15) is 4.79 Å². The third-order valence-corrected chi connectivity index (χ3v) is 1.17. The van der Waals surface area contributed by atoms with E-state index in [0.717, 1.165) is 4.68 Å². The van der Waals surface area contributed by atoms with Crippen LogP contribution in [0, 0.1) is 0 Å². The summed E-state index contributed by atoms with van der Waals surface area (Å²) in [7, 11) is 0. The zero-order chi connectivity index (χ0) is 9.14. The molecule has 0 aromatic carbocycles. The highest BCUT2D eigenvalue weighted by molar-refractivity contribution is 5.78. The summed E-state index contributed by atoms with van der Waals surface area (Å²) < 4.78 is 0.916. The molecule has 1 aromatic heterocycles. The standard InChI is InChI=1S/C5H10N6O/c1-2-8-5(12)11-4(7)9-3(6)10-11/h2H2,1H3,(H,8,12)(H4,6,7,9,10). The minimum Gasteiger partial charge on any atom is -0.368 e. The van der Waals surface area contributed by atoms with E-state index in [1.54, 1.807) is 6.92 Å². The van der Waals surface area contributed by atoms with Crippen LogP contribution in [0.5, 0.6) is 0 Å². The number of hydrogen-bond donors (Lipinski definition) is 3. The molecular weight excluding hydrogens is 160 g/mol. The average molecular weight is 170 g/mol. The van der Waals surface area contributed by atoms with Crippen LogP contribution in [0.15, 0.2) is 0 Å². The van der Waals surface area contributed by atoms with E-state index in [-0.39, 0.29) is 11.9 Å². The smallest absolute Gasteiger partial charge is 0.345 e. The normalized spacial score (nSPS) is 9.75. The Bertz CT molecular complexity index is 292. The van der Waals surface area contributed by atoms with Crippen LogP contribution in [0.2, 0.25) is 0 Å². The fourth-order valence-electron chi connectivity index (χ4n) is 0.716. The van der Waals surface area contributed by atoms with E-state index in [1.807, 2.05) is 0 Å². The van der Waals surface area contributed by atoms with Gasteiger partial charge < -0.3 is 16.8 Å². The van der Waals surface area contributed by atoms with Crippen molar-refractivity contribution in [1.82, 2.24) is 20.1 Å². The topological polar surface area (TPSA) is 112 Å². The number of amides is 1. The second kappa shape index (κ2) is 3.07. The molecule has 0 aliphatic rings. The Labute approximate surface area is 68.7 Å². The highest BCUT2D eigenvalue weighted by Crippen LogP contribution is 1.99. The number of rotatable bonds is 1. The van der Waals surface area contributed by atoms with Gasteiger partial charge in [0.1, 0.15) is 0 Å². The molecule has 0 spiro atoms. The maximum absolute atomic E-state index is 11.1. The van der Waals surface area contributed by atoms with Crippen LogP contribution in [0.3, 0.4) is 0 Å². The SMILES string of the molecule is CCNC(=O)n1nc(N)nc1N. The Hall–Kier alpha value is -1.79. The summed E-state index contributed by atoms with van der Waals surface area (Å²) in [6.07, 6.45) is 0. The summed E-state index contributed by atoms with van der Waals surface area (Å²) in [4.78, 5) is 14.7. The van der Waals surface area contributed by atoms with Gasteiger partial charge in [-0.05, 0) is 6.92 Å². The largest absolute Gasteiger partial charge is 0.368 e. The Kier molecular flexibility index (Phi) is 2.13. The quantitative estimate of drug-likeness (QED) is 0.501. The summed E-state index contributed by atoms with van der Waals surface area (Å²) in [5.74, 6) is -0.0304. The van der Waals surface area contributed by atoms with Crippen molar-refractivity contribution in [2.24, 2.45) is 0 Å². The number of nitrogens with one attached hydrogen (secondary N) is 1. The van der Waals surface area contributed by atoms with Crippen molar-refractivity contribution in [3.63, 3.8) is 0 Å². The van der Waals surface area contributed by atoms with Gasteiger partial charge in [-0.3, -0.25) is 0 Å². The number of hydrogen-bond acceptors (Lipinski definition) is 5. The molecule has 7 heteroatoms. The van der Waals surface area contributed by atoms with Gasteiger partial charge in [-0.1, -0.05) is 0 Å². The lowest BCUT2D eigenvalue weighted by molar-refractivity contribution is 0.240. The Balaban J connectivity index is 2.87. The summed E-state index contributed by atoms with van der Waals surface area (Å²) in [6, 6.07) is -0.431. The zero-order valence-electron chi connectivity index (χ0n) is 6.61. The number of nitrogens with zero attached hydrogens (tertiary/aromatic N) is 3. The van der Waals surface area contributed by atoms with Gasteiger partial charge in [0.2, 0.25) is 11.9 Å². The Morgan fingerprint density at radius 1 is 1.67 bits per heavy atom. The third kappa shape index (κ3) is 1.44. The van der Waals surface area contributed by atoms with Gasteiger partial charge in [0.25, 0.3) is 0 Å². The van der Waals surface area contributed by atoms with Crippen molar-refractivity contribution < 1.29 is 4.79 Å². The molecule has 0 aliphatic carbocycles. The number of carbonyl (C=O) groups is 1. The maximum Gasteiger partial charge on any atom is 0.345 e. The summed E-state index contributed by atoms with van der Waals surface area (Å²) in [6.45, 7) is 2.28. The molecule has 7 nitrogen and oxygen atoms in total. The molecule has 0 aliphatic heterocycles. The number of aromatic nitrogens is 3. The van der Waals surface area contributed by atoms with Gasteiger partial charge in [0.15, 0.2) is 0 Å². The maximum atomic E-state index is 11.1. The van der Waals surface area contributed by atoms with E-state index in [4.69, 9.17) is 11.5 Å². The highest BCUT2D eigenvalue weighted by atomic mass is 16.2. The van der Waals surface area contributed by atoms with Crippen molar-refractivity contribution in [2.45, 2.75) is 6.92 Å². The fourth-order valence-corrected chi connectivity index (χ4v) is 0.716. The molecule has 0 saturated heterocycles. The predicted octanol–water partition coefficient (Wildman–Crippen LogP) is -0.980. The van der Waals surface area contributed by atoms with Crippen molar-refractivity contribution in [3.05, 3.63) is 0 Å². The summed E-state index contributed by atoms with van der Waals surface area (Å²) in [5, 5.41) is 6.08. The van der Waals surface area contributed by atoms with Gasteiger partial charge in [0, 0.05) is 6.54 Å². The molecule has 1 heterocycles. The number of nitrogens with two attached hydrogens (primary N) is 2. The molecule has 1 amide bonds. The van der Waals surface area contributed by atoms with Gasteiger partial charge in [-0.15, -0.1) is 9.78 Å². The van der Waals surface area contributed by atoms with E-state index < -0.39 is 6.03 Å². The lowest BCUT2D eigenvalue weighted by Crippen LogP contribution is -2.30. The van der Waals surface area contributed by atoms with Gasteiger partial charge >= 0.3 is 6.03 Å². The molecule has 66 valence electrons. The second-order valence-corrected chi connectivity index (χ2v) is 2.08. The van der Waals surface area contributed by atoms with Gasteiger partial charge in [-0.25, -0.2) is 4.79 Å². The van der Waals surface area contributed by atoms with Crippen molar-refractivity contribution >= 4 is 17.9 Å². The van der Waals surface area contributed by atoms with E-state index in [2.05, 4.69) is 15.4 Å². The predicted molar refractivity (Wildman–Crippen MR) is 43.3 cm³/mol. The van der Waals surface area contributed by atoms with Crippen LogP contribution in [-0.4, -0.2) is 27.3 Å².